The predicted octanol–water partition coefficient (Wildman–Crippen LogP) is 4.93. The Morgan fingerprint density at radius 3 is 2.34 bits per heavy atom. The van der Waals surface area contributed by atoms with Gasteiger partial charge in [-0.3, -0.25) is 4.79 Å². The number of amides is 1. The molecule has 1 amide bonds. The van der Waals surface area contributed by atoms with Crippen molar-refractivity contribution in [1.29, 1.82) is 0 Å². The summed E-state index contributed by atoms with van der Waals surface area (Å²) >= 11 is 3.47. The van der Waals surface area contributed by atoms with Crippen LogP contribution in [0.15, 0.2) is 45.8 Å². The normalized spacial score (nSPS) is 11.4. The smallest absolute Gasteiger partial charge is 0.255 e. The molecular weight excluding hydrogens is 458 g/mol. The van der Waals surface area contributed by atoms with Crippen LogP contribution in [0.25, 0.3) is 0 Å². The van der Waals surface area contributed by atoms with Gasteiger partial charge in [0.15, 0.2) is 21.3 Å². The number of benzene rings is 2. The Morgan fingerprint density at radius 2 is 1.79 bits per heavy atom. The average molecular weight is 484 g/mol. The van der Waals surface area contributed by atoms with Gasteiger partial charge in [0.25, 0.3) is 5.91 Å². The molecule has 0 aliphatic carbocycles. The number of carbonyl (C=O) groups excluding carboxylic acids is 1. The summed E-state index contributed by atoms with van der Waals surface area (Å²) in [5, 5.41) is 2.76. The molecule has 158 valence electrons. The van der Waals surface area contributed by atoms with Crippen molar-refractivity contribution in [2.75, 3.05) is 24.8 Å². The zero-order valence-corrected chi connectivity index (χ0v) is 19.4. The predicted molar refractivity (Wildman–Crippen MR) is 118 cm³/mol. The van der Waals surface area contributed by atoms with Gasteiger partial charge in [0.05, 0.1) is 22.6 Å². The summed E-state index contributed by atoms with van der Waals surface area (Å²) in [4.78, 5) is 12.9. The van der Waals surface area contributed by atoms with Crippen LogP contribution in [0.2, 0.25) is 0 Å². The van der Waals surface area contributed by atoms with E-state index in [4.69, 9.17) is 9.47 Å². The molecule has 2 rings (SSSR count). The van der Waals surface area contributed by atoms with E-state index in [1.807, 2.05) is 6.92 Å². The van der Waals surface area contributed by atoms with Crippen molar-refractivity contribution in [1.82, 2.24) is 0 Å². The van der Waals surface area contributed by atoms with Crippen LogP contribution in [0.1, 0.15) is 37.6 Å². The maximum Gasteiger partial charge on any atom is 0.255 e. The van der Waals surface area contributed by atoms with Gasteiger partial charge in [-0.25, -0.2) is 8.42 Å². The lowest BCUT2D eigenvalue weighted by molar-refractivity contribution is 0.102. The number of rotatable bonds is 9. The number of halogens is 1. The molecule has 0 saturated heterocycles. The first kappa shape index (κ1) is 23.2. The van der Waals surface area contributed by atoms with Crippen LogP contribution in [-0.2, 0) is 9.84 Å². The van der Waals surface area contributed by atoms with Crippen LogP contribution in [0, 0.1) is 5.92 Å². The molecule has 0 unspecified atom stereocenters. The monoisotopic (exact) mass is 483 g/mol. The Bertz CT molecular complexity index is 956. The standard InChI is InChI=1S/C21H26BrNO5S/c1-5-27-19-13-15(12-18(22)20(19)28-11-10-14(2)3)21(24)23-16-6-8-17(9-7-16)29(4,25)26/h6-9,12-14H,5,10-11H2,1-4H3,(H,23,24). The minimum Gasteiger partial charge on any atom is -0.490 e. The summed E-state index contributed by atoms with van der Waals surface area (Å²) in [5.41, 5.74) is 0.887. The highest BCUT2D eigenvalue weighted by molar-refractivity contribution is 9.10. The molecular formula is C21H26BrNO5S. The van der Waals surface area contributed by atoms with Crippen molar-refractivity contribution in [3.05, 3.63) is 46.4 Å². The molecule has 8 heteroatoms. The molecule has 0 bridgehead atoms. The minimum absolute atomic E-state index is 0.194. The van der Waals surface area contributed by atoms with Crippen molar-refractivity contribution in [2.45, 2.75) is 32.1 Å². The third-order valence-corrected chi connectivity index (χ3v) is 5.77. The summed E-state index contributed by atoms with van der Waals surface area (Å²) in [6.07, 6.45) is 2.04. The highest BCUT2D eigenvalue weighted by Crippen LogP contribution is 2.37. The third-order valence-electron chi connectivity index (χ3n) is 4.05. The molecule has 0 heterocycles. The summed E-state index contributed by atoms with van der Waals surface area (Å²) in [5.74, 6) is 1.24. The Balaban J connectivity index is 2.21. The maximum atomic E-state index is 12.7. The number of ether oxygens (including phenoxy) is 2. The van der Waals surface area contributed by atoms with Crippen LogP contribution < -0.4 is 14.8 Å². The number of carbonyl (C=O) groups is 1. The first-order valence-electron chi connectivity index (χ1n) is 9.32. The second kappa shape index (κ2) is 10.1. The lowest BCUT2D eigenvalue weighted by atomic mass is 10.1. The molecule has 0 aliphatic heterocycles. The molecule has 0 radical (unpaired) electrons. The molecule has 6 nitrogen and oxygen atoms in total. The first-order chi connectivity index (χ1) is 13.6. The molecule has 0 saturated carbocycles. The van der Waals surface area contributed by atoms with Crippen molar-refractivity contribution in [3.8, 4) is 11.5 Å². The van der Waals surface area contributed by atoms with Crippen LogP contribution in [-0.4, -0.2) is 33.8 Å². The number of hydrogen-bond acceptors (Lipinski definition) is 5. The quantitative estimate of drug-likeness (QED) is 0.546. The van der Waals surface area contributed by atoms with E-state index < -0.39 is 9.84 Å². The zero-order valence-electron chi connectivity index (χ0n) is 17.0. The van der Waals surface area contributed by atoms with E-state index in [0.717, 1.165) is 12.7 Å². The molecule has 0 aliphatic rings. The van der Waals surface area contributed by atoms with E-state index in [1.54, 1.807) is 24.3 Å². The van der Waals surface area contributed by atoms with Crippen molar-refractivity contribution in [2.24, 2.45) is 5.92 Å². The highest BCUT2D eigenvalue weighted by atomic mass is 79.9. The molecule has 1 N–H and O–H groups in total. The van der Waals surface area contributed by atoms with E-state index in [2.05, 4.69) is 35.1 Å². The van der Waals surface area contributed by atoms with E-state index >= 15 is 0 Å². The fourth-order valence-corrected chi connectivity index (χ4v) is 3.67. The SMILES string of the molecule is CCOc1cc(C(=O)Nc2ccc(S(C)(=O)=O)cc2)cc(Br)c1OCCC(C)C. The molecule has 0 fully saturated rings. The van der Waals surface area contributed by atoms with Gasteiger partial charge in [-0.05, 0) is 71.6 Å². The van der Waals surface area contributed by atoms with Gasteiger partial charge in [-0.1, -0.05) is 13.8 Å². The fourth-order valence-electron chi connectivity index (χ4n) is 2.49. The average Bonchev–Trinajstić information content (AvgIpc) is 2.63. The molecule has 2 aromatic rings. The maximum absolute atomic E-state index is 12.7. The highest BCUT2D eigenvalue weighted by Gasteiger charge is 2.17. The molecule has 0 spiro atoms. The van der Waals surface area contributed by atoms with E-state index in [1.165, 1.54) is 12.1 Å². The van der Waals surface area contributed by atoms with Gasteiger partial charge in [-0.15, -0.1) is 0 Å². The van der Waals surface area contributed by atoms with Crippen molar-refractivity contribution in [3.63, 3.8) is 0 Å². The summed E-state index contributed by atoms with van der Waals surface area (Å²) < 4.78 is 35.3. The van der Waals surface area contributed by atoms with Crippen LogP contribution in [0.4, 0.5) is 5.69 Å². The lowest BCUT2D eigenvalue weighted by Crippen LogP contribution is -2.13. The van der Waals surface area contributed by atoms with Gasteiger partial charge in [-0.2, -0.15) is 0 Å². The number of sulfone groups is 1. The van der Waals surface area contributed by atoms with Crippen LogP contribution in [0.5, 0.6) is 11.5 Å². The Kier molecular flexibility index (Phi) is 8.10. The third kappa shape index (κ3) is 6.75. The molecule has 0 aromatic heterocycles. The van der Waals surface area contributed by atoms with Crippen LogP contribution in [0.3, 0.4) is 0 Å². The summed E-state index contributed by atoms with van der Waals surface area (Å²) in [6, 6.07) is 9.33. The number of nitrogens with one attached hydrogen (secondary N) is 1. The van der Waals surface area contributed by atoms with Gasteiger partial charge >= 0.3 is 0 Å². The van der Waals surface area contributed by atoms with Crippen LogP contribution >= 0.6 is 15.9 Å². The molecule has 2 aromatic carbocycles. The minimum atomic E-state index is -3.29. The van der Waals surface area contributed by atoms with Gasteiger partial charge in [0, 0.05) is 17.5 Å². The van der Waals surface area contributed by atoms with E-state index in [0.29, 0.717) is 46.4 Å². The van der Waals surface area contributed by atoms with Crippen molar-refractivity contribution < 1.29 is 22.7 Å². The fraction of sp³-hybridized carbons (Fsp3) is 0.381. The number of anilines is 1. The molecule has 29 heavy (non-hydrogen) atoms. The second-order valence-electron chi connectivity index (χ2n) is 7.00. The lowest BCUT2D eigenvalue weighted by Gasteiger charge is -2.16. The largest absolute Gasteiger partial charge is 0.490 e. The molecule has 0 atom stereocenters. The van der Waals surface area contributed by atoms with Crippen molar-refractivity contribution >= 4 is 37.4 Å². The van der Waals surface area contributed by atoms with E-state index in [9.17, 15) is 13.2 Å². The van der Waals surface area contributed by atoms with Gasteiger partial charge in [0.2, 0.25) is 0 Å². The summed E-state index contributed by atoms with van der Waals surface area (Å²) in [7, 11) is -3.29. The zero-order chi connectivity index (χ0) is 21.6. The van der Waals surface area contributed by atoms with Gasteiger partial charge < -0.3 is 14.8 Å². The Labute approximate surface area is 180 Å². The topological polar surface area (TPSA) is 81.7 Å². The Hall–Kier alpha value is -2.06. The number of hydrogen-bond donors (Lipinski definition) is 1. The first-order valence-corrected chi connectivity index (χ1v) is 12.0. The summed E-state index contributed by atoms with van der Waals surface area (Å²) in [6.45, 7) is 7.09. The van der Waals surface area contributed by atoms with E-state index in [-0.39, 0.29) is 10.8 Å². The van der Waals surface area contributed by atoms with Gasteiger partial charge in [0.1, 0.15) is 0 Å². The second-order valence-corrected chi connectivity index (χ2v) is 9.87. The Morgan fingerprint density at radius 1 is 1.14 bits per heavy atom.